The molecule has 2 heterocycles. The van der Waals surface area contributed by atoms with Gasteiger partial charge in [0.1, 0.15) is 35.4 Å². The lowest BCUT2D eigenvalue weighted by Crippen LogP contribution is -2.57. The molecule has 0 saturated carbocycles. The van der Waals surface area contributed by atoms with E-state index < -0.39 is 106 Å². The van der Waals surface area contributed by atoms with Gasteiger partial charge < -0.3 is 50.0 Å². The molecule has 2 fully saturated rings. The molecule has 4 N–H and O–H groups in total. The minimum absolute atomic E-state index is 0.0472. The molecule has 2 aliphatic heterocycles. The molecule has 0 radical (unpaired) electrons. The Morgan fingerprint density at radius 3 is 1.10 bits per heavy atom. The summed E-state index contributed by atoms with van der Waals surface area (Å²) in [6.07, 6.45) is -1.49. The van der Waals surface area contributed by atoms with Gasteiger partial charge in [0.05, 0.1) is 14.2 Å². The molecule has 1 aromatic carbocycles. The Kier molecular flexibility index (Phi) is 15.4. The van der Waals surface area contributed by atoms with Gasteiger partial charge in [-0.2, -0.15) is 0 Å². The molecule has 3 rings (SSSR count). The number of alkyl carbamates (subject to hydrolysis) is 2. The van der Waals surface area contributed by atoms with Gasteiger partial charge in [0, 0.05) is 49.1 Å². The van der Waals surface area contributed by atoms with Crippen molar-refractivity contribution in [2.45, 2.75) is 143 Å². The Bertz CT molecular complexity index is 1660. The van der Waals surface area contributed by atoms with Gasteiger partial charge in [-0.05, 0) is 76.6 Å². The van der Waals surface area contributed by atoms with Crippen molar-refractivity contribution in [1.29, 1.82) is 0 Å². The summed E-state index contributed by atoms with van der Waals surface area (Å²) < 4.78 is 20.7. The third-order valence-electron chi connectivity index (χ3n) is 9.74. The van der Waals surface area contributed by atoms with Crippen LogP contribution in [0.4, 0.5) is 9.59 Å². The number of likely N-dealkylation sites (tertiary alicyclic amines) is 2. The van der Waals surface area contributed by atoms with Crippen molar-refractivity contribution in [3.05, 3.63) is 35.4 Å². The van der Waals surface area contributed by atoms with E-state index in [1.807, 2.05) is 0 Å². The maximum absolute atomic E-state index is 14.0. The summed E-state index contributed by atoms with van der Waals surface area (Å²) in [5.41, 5.74) is -2.80. The average Bonchev–Trinajstić information content (AvgIpc) is 3.74. The van der Waals surface area contributed by atoms with Gasteiger partial charge in [0.25, 0.3) is 11.8 Å². The summed E-state index contributed by atoms with van der Waals surface area (Å²) in [5, 5.41) is 11.0. The molecule has 18 nitrogen and oxygen atoms in total. The van der Waals surface area contributed by atoms with Crippen molar-refractivity contribution < 1.29 is 57.3 Å². The van der Waals surface area contributed by atoms with Gasteiger partial charge in [-0.1, -0.05) is 41.5 Å². The molecule has 0 aromatic heterocycles. The smallest absolute Gasteiger partial charge is 0.408 e. The summed E-state index contributed by atoms with van der Waals surface area (Å²) >= 11 is 0. The van der Waals surface area contributed by atoms with Crippen LogP contribution >= 0.6 is 0 Å². The highest BCUT2D eigenvalue weighted by atomic mass is 16.6. The van der Waals surface area contributed by atoms with Crippen LogP contribution in [0.2, 0.25) is 0 Å². The lowest BCUT2D eigenvalue weighted by Gasteiger charge is -2.35. The number of carbonyl (C=O) groups is 8. The number of amides is 6. The number of methoxy groups -OCH3 is 2. The zero-order chi connectivity index (χ0) is 45.7. The van der Waals surface area contributed by atoms with Gasteiger partial charge in [0.2, 0.25) is 11.8 Å². The van der Waals surface area contributed by atoms with Crippen LogP contribution in [-0.2, 0) is 38.1 Å². The first-order chi connectivity index (χ1) is 27.4. The van der Waals surface area contributed by atoms with Crippen LogP contribution in [0, 0.1) is 10.8 Å². The normalized spacial score (nSPS) is 20.6. The number of hydrogen-bond acceptors (Lipinski definition) is 12. The lowest BCUT2D eigenvalue weighted by atomic mass is 9.85. The lowest BCUT2D eigenvalue weighted by molar-refractivity contribution is -0.152. The van der Waals surface area contributed by atoms with E-state index in [0.29, 0.717) is 0 Å². The van der Waals surface area contributed by atoms with Crippen molar-refractivity contribution in [3.8, 4) is 0 Å². The summed E-state index contributed by atoms with van der Waals surface area (Å²) in [5.74, 6) is -3.50. The van der Waals surface area contributed by atoms with Gasteiger partial charge in [-0.25, -0.2) is 19.2 Å². The predicted octanol–water partition coefficient (Wildman–Crippen LogP) is 3.31. The third-order valence-corrected chi connectivity index (χ3v) is 9.74. The number of nitrogens with zero attached hydrogens (tertiary/aromatic N) is 2. The largest absolute Gasteiger partial charge is 0.467 e. The molecule has 0 spiro atoms. The van der Waals surface area contributed by atoms with Crippen molar-refractivity contribution in [2.75, 3.05) is 27.3 Å². The van der Waals surface area contributed by atoms with Crippen LogP contribution in [0.15, 0.2) is 24.3 Å². The van der Waals surface area contributed by atoms with Gasteiger partial charge >= 0.3 is 24.1 Å². The van der Waals surface area contributed by atoms with Crippen molar-refractivity contribution in [1.82, 2.24) is 31.1 Å². The van der Waals surface area contributed by atoms with Crippen LogP contribution in [-0.4, -0.2) is 132 Å². The summed E-state index contributed by atoms with van der Waals surface area (Å²) in [7, 11) is 2.40. The Labute approximate surface area is 352 Å². The highest BCUT2D eigenvalue weighted by Crippen LogP contribution is 2.29. The second-order valence-electron chi connectivity index (χ2n) is 19.3. The molecule has 1 aromatic rings. The zero-order valence-corrected chi connectivity index (χ0v) is 37.4. The molecule has 0 bridgehead atoms. The zero-order valence-electron chi connectivity index (χ0n) is 37.4. The number of ether oxygens (including phenoxy) is 4. The first kappa shape index (κ1) is 48.9. The highest BCUT2D eigenvalue weighted by Gasteiger charge is 2.48. The van der Waals surface area contributed by atoms with Crippen LogP contribution in [0.5, 0.6) is 0 Å². The first-order valence-corrected chi connectivity index (χ1v) is 19.9. The van der Waals surface area contributed by atoms with E-state index in [9.17, 15) is 38.4 Å². The van der Waals surface area contributed by atoms with E-state index in [1.165, 1.54) is 48.3 Å². The first-order valence-electron chi connectivity index (χ1n) is 19.9. The fourth-order valence-corrected chi connectivity index (χ4v) is 6.88. The Morgan fingerprint density at radius 1 is 0.550 bits per heavy atom. The number of benzene rings is 1. The highest BCUT2D eigenvalue weighted by molar-refractivity contribution is 5.99. The van der Waals surface area contributed by atoms with E-state index in [1.54, 1.807) is 83.1 Å². The number of rotatable bonds is 10. The molecule has 0 aliphatic carbocycles. The second kappa shape index (κ2) is 18.9. The molecule has 6 amide bonds. The maximum Gasteiger partial charge on any atom is 0.408 e. The van der Waals surface area contributed by atoms with E-state index in [-0.39, 0.29) is 37.1 Å². The summed E-state index contributed by atoms with van der Waals surface area (Å²) in [6.45, 7) is 20.7. The molecule has 2 aliphatic rings. The minimum Gasteiger partial charge on any atom is -0.467 e. The Morgan fingerprint density at radius 2 is 0.850 bits per heavy atom. The average molecular weight is 845 g/mol. The number of hydrogen-bond donors (Lipinski definition) is 4. The molecule has 18 heteroatoms. The van der Waals surface area contributed by atoms with Gasteiger partial charge in [-0.15, -0.1) is 0 Å². The van der Waals surface area contributed by atoms with Crippen LogP contribution < -0.4 is 21.3 Å². The van der Waals surface area contributed by atoms with Crippen LogP contribution in [0.25, 0.3) is 0 Å². The van der Waals surface area contributed by atoms with Gasteiger partial charge in [-0.3, -0.25) is 19.2 Å². The summed E-state index contributed by atoms with van der Waals surface area (Å²) in [6, 6.07) is 0.220. The van der Waals surface area contributed by atoms with E-state index in [2.05, 4.69) is 21.3 Å². The van der Waals surface area contributed by atoms with Crippen LogP contribution in [0.3, 0.4) is 0 Å². The Balaban J connectivity index is 1.72. The molecule has 334 valence electrons. The molecule has 60 heavy (non-hydrogen) atoms. The molecule has 6 atom stereocenters. The minimum atomic E-state index is -1.08. The molecular weight excluding hydrogens is 780 g/mol. The molecular formula is C42H64N6O12. The van der Waals surface area contributed by atoms with E-state index in [4.69, 9.17) is 18.9 Å². The van der Waals surface area contributed by atoms with Gasteiger partial charge in [0.15, 0.2) is 0 Å². The number of carbonyl (C=O) groups excluding carboxylic acids is 8. The monoisotopic (exact) mass is 844 g/mol. The van der Waals surface area contributed by atoms with Crippen LogP contribution in [0.1, 0.15) is 117 Å². The fraction of sp³-hybridized carbons (Fsp3) is 0.667. The summed E-state index contributed by atoms with van der Waals surface area (Å²) in [4.78, 5) is 108. The topological polar surface area (TPSA) is 228 Å². The second-order valence-corrected chi connectivity index (χ2v) is 19.3. The standard InChI is InChI=1S/C42H64N6O12/c1-39(2,3)29(45-37(55)59-41(7,8)9)33(51)47-21-25(19-27(47)35(53)57-13)43-31(49)23-15-17-24(18-16-23)32(50)44-26-20-28(36(54)58-14)48(22-26)34(52)30(40(4,5)6)46-38(56)60-42(10,11)12/h15-18,25-30H,19-22H2,1-14H3,(H,43,49)(H,44,50)(H,45,55)(H,46,56)/t25-,26-,27-,28-,29+,30+/m0/s1. The number of esters is 2. The van der Waals surface area contributed by atoms with Crippen molar-refractivity contribution >= 4 is 47.8 Å². The van der Waals surface area contributed by atoms with Crippen molar-refractivity contribution in [3.63, 3.8) is 0 Å². The van der Waals surface area contributed by atoms with E-state index in [0.717, 1.165) is 0 Å². The number of nitrogens with one attached hydrogen (secondary N) is 4. The predicted molar refractivity (Wildman–Crippen MR) is 218 cm³/mol. The third kappa shape index (κ3) is 13.3. The van der Waals surface area contributed by atoms with E-state index >= 15 is 0 Å². The molecule has 2 saturated heterocycles. The SMILES string of the molecule is COC(=O)[C@@H]1C[C@H](NC(=O)c2ccc(C(=O)N[C@H]3C[C@@H](C(=O)OC)N(C(=O)[C@@H](NC(=O)OC(C)(C)C)C(C)(C)C)C3)cc2)CN1C(=O)[C@@H](NC(=O)OC(C)(C)C)C(C)(C)C. The quantitative estimate of drug-likeness (QED) is 0.197. The van der Waals surface area contributed by atoms with Crippen molar-refractivity contribution in [2.24, 2.45) is 10.8 Å². The molecule has 0 unspecified atom stereocenters. The maximum atomic E-state index is 14.0. The Hall–Kier alpha value is -5.42. The fourth-order valence-electron chi connectivity index (χ4n) is 6.88.